The molecule has 0 aliphatic rings. The lowest BCUT2D eigenvalue weighted by atomic mass is 10.1. The van der Waals surface area contributed by atoms with Gasteiger partial charge in [-0.2, -0.15) is 0 Å². The summed E-state index contributed by atoms with van der Waals surface area (Å²) < 4.78 is 2.15. The molecule has 3 aromatic rings. The average molecular weight is 382 g/mol. The highest BCUT2D eigenvalue weighted by Crippen LogP contribution is 2.19. The summed E-state index contributed by atoms with van der Waals surface area (Å²) in [4.78, 5) is 10.0. The summed E-state index contributed by atoms with van der Waals surface area (Å²) in [5.74, 6) is 2.32. The van der Waals surface area contributed by atoms with Crippen molar-refractivity contribution in [2.75, 3.05) is 13.6 Å². The molecule has 2 N–H and O–H groups in total. The van der Waals surface area contributed by atoms with Crippen LogP contribution in [-0.2, 0) is 13.1 Å². The standard InChI is InChI=1S/C21H27N5S/c1-16(20-8-5-11-27-20)13-24-21(22-3)25-14-18-6-4-7-19(12-18)15-26-10-9-23-17(26)2/h4-12,16H,13-15H2,1-3H3,(H2,22,24,25). The fourth-order valence-electron chi connectivity index (χ4n) is 2.93. The molecule has 0 bridgehead atoms. The van der Waals surface area contributed by atoms with Crippen molar-refractivity contribution in [3.63, 3.8) is 0 Å². The summed E-state index contributed by atoms with van der Waals surface area (Å²) in [6.07, 6.45) is 3.86. The van der Waals surface area contributed by atoms with Gasteiger partial charge in [-0.05, 0) is 29.5 Å². The SMILES string of the molecule is CN=C(NCc1cccc(Cn2ccnc2C)c1)NCC(C)c1cccs1. The summed E-state index contributed by atoms with van der Waals surface area (Å²) in [6, 6.07) is 12.9. The van der Waals surface area contributed by atoms with Crippen LogP contribution in [0.2, 0.25) is 0 Å². The third kappa shape index (κ3) is 5.44. The maximum Gasteiger partial charge on any atom is 0.191 e. The number of thiophene rings is 1. The van der Waals surface area contributed by atoms with E-state index in [4.69, 9.17) is 0 Å². The first-order chi connectivity index (χ1) is 13.2. The first kappa shape index (κ1) is 19.2. The summed E-state index contributed by atoms with van der Waals surface area (Å²) in [6.45, 7) is 6.70. The number of aliphatic imine (C=N–C) groups is 1. The van der Waals surface area contributed by atoms with Gasteiger partial charge in [0.05, 0.1) is 0 Å². The van der Waals surface area contributed by atoms with Crippen LogP contribution in [0.15, 0.2) is 59.2 Å². The van der Waals surface area contributed by atoms with Crippen molar-refractivity contribution >= 4 is 17.3 Å². The van der Waals surface area contributed by atoms with Crippen LogP contribution in [0.3, 0.4) is 0 Å². The first-order valence-corrected chi connectivity index (χ1v) is 10.1. The van der Waals surface area contributed by atoms with E-state index in [9.17, 15) is 0 Å². The van der Waals surface area contributed by atoms with Gasteiger partial charge in [-0.3, -0.25) is 4.99 Å². The molecule has 0 saturated carbocycles. The maximum absolute atomic E-state index is 4.34. The van der Waals surface area contributed by atoms with Crippen LogP contribution in [0.1, 0.15) is 34.7 Å². The predicted molar refractivity (Wildman–Crippen MR) is 113 cm³/mol. The number of guanidine groups is 1. The Bertz CT molecular complexity index is 866. The molecule has 0 aliphatic heterocycles. The van der Waals surface area contributed by atoms with Gasteiger partial charge in [-0.15, -0.1) is 11.3 Å². The summed E-state index contributed by atoms with van der Waals surface area (Å²) in [5, 5.41) is 8.95. The number of nitrogens with zero attached hydrogens (tertiary/aromatic N) is 3. The molecular formula is C21H27N5S. The van der Waals surface area contributed by atoms with Crippen LogP contribution < -0.4 is 10.6 Å². The summed E-state index contributed by atoms with van der Waals surface area (Å²) >= 11 is 1.80. The van der Waals surface area contributed by atoms with Gasteiger partial charge in [-0.25, -0.2) is 4.98 Å². The second kappa shape index (κ2) is 9.37. The molecule has 142 valence electrons. The minimum Gasteiger partial charge on any atom is -0.356 e. The lowest BCUT2D eigenvalue weighted by Gasteiger charge is -2.15. The van der Waals surface area contributed by atoms with Crippen molar-refractivity contribution in [3.8, 4) is 0 Å². The van der Waals surface area contributed by atoms with Crippen LogP contribution in [0.4, 0.5) is 0 Å². The van der Waals surface area contributed by atoms with E-state index in [2.05, 4.69) is 73.9 Å². The second-order valence-corrected chi connectivity index (χ2v) is 7.62. The Labute approximate surface area is 165 Å². The van der Waals surface area contributed by atoms with Crippen LogP contribution in [0.5, 0.6) is 0 Å². The Morgan fingerprint density at radius 3 is 2.78 bits per heavy atom. The number of benzene rings is 1. The molecule has 1 atom stereocenters. The first-order valence-electron chi connectivity index (χ1n) is 9.19. The third-order valence-corrected chi connectivity index (χ3v) is 5.66. The summed E-state index contributed by atoms with van der Waals surface area (Å²) in [5.41, 5.74) is 2.50. The Morgan fingerprint density at radius 2 is 2.07 bits per heavy atom. The van der Waals surface area contributed by atoms with Crippen molar-refractivity contribution in [1.82, 2.24) is 20.2 Å². The fourth-order valence-corrected chi connectivity index (χ4v) is 3.72. The molecule has 2 heterocycles. The van der Waals surface area contributed by atoms with Gasteiger partial charge in [0.2, 0.25) is 0 Å². The Hall–Kier alpha value is -2.60. The summed E-state index contributed by atoms with van der Waals surface area (Å²) in [7, 11) is 1.81. The van der Waals surface area contributed by atoms with Gasteiger partial charge in [0.15, 0.2) is 5.96 Å². The van der Waals surface area contributed by atoms with Crippen molar-refractivity contribution in [2.24, 2.45) is 4.99 Å². The number of rotatable bonds is 7. The normalized spacial score (nSPS) is 12.8. The molecule has 3 rings (SSSR count). The van der Waals surface area contributed by atoms with E-state index < -0.39 is 0 Å². The van der Waals surface area contributed by atoms with E-state index >= 15 is 0 Å². The molecule has 0 aliphatic carbocycles. The van der Waals surface area contributed by atoms with E-state index in [0.717, 1.165) is 31.4 Å². The molecule has 0 radical (unpaired) electrons. The Kier molecular flexibility index (Phi) is 6.65. The van der Waals surface area contributed by atoms with E-state index in [1.807, 2.05) is 26.4 Å². The predicted octanol–water partition coefficient (Wildman–Crippen LogP) is 3.77. The zero-order valence-electron chi connectivity index (χ0n) is 16.1. The topological polar surface area (TPSA) is 54.2 Å². The van der Waals surface area contributed by atoms with E-state index in [0.29, 0.717) is 5.92 Å². The van der Waals surface area contributed by atoms with Gasteiger partial charge >= 0.3 is 0 Å². The minimum atomic E-state index is 0.463. The lowest BCUT2D eigenvalue weighted by molar-refractivity contribution is 0.708. The molecule has 27 heavy (non-hydrogen) atoms. The van der Waals surface area contributed by atoms with Crippen LogP contribution in [0, 0.1) is 6.92 Å². The van der Waals surface area contributed by atoms with Crippen molar-refractivity contribution in [3.05, 3.63) is 76.0 Å². The van der Waals surface area contributed by atoms with Crippen LogP contribution in [0.25, 0.3) is 0 Å². The number of aromatic nitrogens is 2. The van der Waals surface area contributed by atoms with Crippen molar-refractivity contribution < 1.29 is 0 Å². The minimum absolute atomic E-state index is 0.463. The fraction of sp³-hybridized carbons (Fsp3) is 0.333. The Balaban J connectivity index is 1.52. The van der Waals surface area contributed by atoms with Crippen LogP contribution >= 0.6 is 11.3 Å². The highest BCUT2D eigenvalue weighted by molar-refractivity contribution is 7.10. The highest BCUT2D eigenvalue weighted by atomic mass is 32.1. The molecule has 0 spiro atoms. The molecule has 0 amide bonds. The number of nitrogens with one attached hydrogen (secondary N) is 2. The molecule has 1 unspecified atom stereocenters. The highest BCUT2D eigenvalue weighted by Gasteiger charge is 2.07. The maximum atomic E-state index is 4.34. The van der Waals surface area contributed by atoms with Gasteiger partial charge in [0, 0.05) is 49.9 Å². The van der Waals surface area contributed by atoms with E-state index in [1.54, 1.807) is 11.3 Å². The molecular weight excluding hydrogens is 354 g/mol. The average Bonchev–Trinajstić information content (AvgIpc) is 3.35. The third-order valence-electron chi connectivity index (χ3n) is 4.56. The van der Waals surface area contributed by atoms with Crippen LogP contribution in [-0.4, -0.2) is 29.1 Å². The van der Waals surface area contributed by atoms with Gasteiger partial charge in [0.1, 0.15) is 5.82 Å². The zero-order chi connectivity index (χ0) is 19.1. The van der Waals surface area contributed by atoms with E-state index in [-0.39, 0.29) is 0 Å². The van der Waals surface area contributed by atoms with Crippen molar-refractivity contribution in [2.45, 2.75) is 32.9 Å². The number of imidazole rings is 1. The molecule has 5 nitrogen and oxygen atoms in total. The Morgan fingerprint density at radius 1 is 1.22 bits per heavy atom. The number of hydrogen-bond acceptors (Lipinski definition) is 3. The second-order valence-electron chi connectivity index (χ2n) is 6.65. The van der Waals surface area contributed by atoms with E-state index in [1.165, 1.54) is 16.0 Å². The van der Waals surface area contributed by atoms with Gasteiger partial charge < -0.3 is 15.2 Å². The lowest BCUT2D eigenvalue weighted by Crippen LogP contribution is -2.38. The number of aryl methyl sites for hydroxylation is 1. The molecule has 6 heteroatoms. The molecule has 2 aromatic heterocycles. The molecule has 0 fully saturated rings. The van der Waals surface area contributed by atoms with Gasteiger partial charge in [0.25, 0.3) is 0 Å². The monoisotopic (exact) mass is 381 g/mol. The molecule has 1 aromatic carbocycles. The molecule has 0 saturated heterocycles. The van der Waals surface area contributed by atoms with Crippen molar-refractivity contribution in [1.29, 1.82) is 0 Å². The number of hydrogen-bond donors (Lipinski definition) is 2. The quantitative estimate of drug-likeness (QED) is 0.484. The largest absolute Gasteiger partial charge is 0.356 e. The zero-order valence-corrected chi connectivity index (χ0v) is 17.0. The smallest absolute Gasteiger partial charge is 0.191 e. The van der Waals surface area contributed by atoms with Gasteiger partial charge in [-0.1, -0.05) is 37.3 Å².